The van der Waals surface area contributed by atoms with Gasteiger partial charge in [-0.3, -0.25) is 4.79 Å². The maximum atomic E-state index is 13.1. The molecule has 2 N–H and O–H groups in total. The normalized spacial score (nSPS) is 20.2. The highest BCUT2D eigenvalue weighted by Gasteiger charge is 2.16. The van der Waals surface area contributed by atoms with Gasteiger partial charge in [0.05, 0.1) is 0 Å². The van der Waals surface area contributed by atoms with Gasteiger partial charge in [0.1, 0.15) is 5.82 Å². The Kier molecular flexibility index (Phi) is 4.91. The predicted molar refractivity (Wildman–Crippen MR) is 73.5 cm³/mol. The van der Waals surface area contributed by atoms with Gasteiger partial charge in [-0.05, 0) is 43.0 Å². The van der Waals surface area contributed by atoms with Gasteiger partial charge in [-0.2, -0.15) is 0 Å². The van der Waals surface area contributed by atoms with Crippen molar-refractivity contribution in [2.24, 2.45) is 0 Å². The van der Waals surface area contributed by atoms with Crippen LogP contribution in [0.4, 0.5) is 4.39 Å². The SMILES string of the molecule is CC(CC(=O)NCC1CCCN1)c1cccc(F)c1. The summed E-state index contributed by atoms with van der Waals surface area (Å²) in [4.78, 5) is 11.8. The molecule has 1 aromatic carbocycles. The Labute approximate surface area is 113 Å². The average Bonchev–Trinajstić information content (AvgIpc) is 2.89. The van der Waals surface area contributed by atoms with Gasteiger partial charge in [-0.15, -0.1) is 0 Å². The summed E-state index contributed by atoms with van der Waals surface area (Å²) in [5.41, 5.74) is 0.870. The lowest BCUT2D eigenvalue weighted by Crippen LogP contribution is -2.37. The second-order valence-electron chi connectivity index (χ2n) is 5.26. The Bertz CT molecular complexity index is 430. The number of rotatable bonds is 5. The van der Waals surface area contributed by atoms with Gasteiger partial charge in [0.2, 0.25) is 5.91 Å². The number of benzene rings is 1. The first-order valence-corrected chi connectivity index (χ1v) is 6.90. The van der Waals surface area contributed by atoms with Gasteiger partial charge in [-0.1, -0.05) is 19.1 Å². The van der Waals surface area contributed by atoms with E-state index in [-0.39, 0.29) is 17.6 Å². The molecule has 2 rings (SSSR count). The maximum absolute atomic E-state index is 13.1. The fraction of sp³-hybridized carbons (Fsp3) is 0.533. The molecule has 2 atom stereocenters. The van der Waals surface area contributed by atoms with Crippen LogP contribution in [0.15, 0.2) is 24.3 Å². The Balaban J connectivity index is 1.77. The highest BCUT2D eigenvalue weighted by molar-refractivity contribution is 5.76. The summed E-state index contributed by atoms with van der Waals surface area (Å²) in [7, 11) is 0. The van der Waals surface area contributed by atoms with Gasteiger partial charge in [0.25, 0.3) is 0 Å². The monoisotopic (exact) mass is 264 g/mol. The molecule has 1 heterocycles. The van der Waals surface area contributed by atoms with Crippen LogP contribution in [0, 0.1) is 5.82 Å². The van der Waals surface area contributed by atoms with Crippen LogP contribution in [-0.4, -0.2) is 25.0 Å². The summed E-state index contributed by atoms with van der Waals surface area (Å²) >= 11 is 0. The first-order valence-electron chi connectivity index (χ1n) is 6.90. The molecule has 0 aromatic heterocycles. The van der Waals surface area contributed by atoms with E-state index in [1.165, 1.54) is 18.6 Å². The van der Waals surface area contributed by atoms with Crippen molar-refractivity contribution in [3.63, 3.8) is 0 Å². The number of amides is 1. The largest absolute Gasteiger partial charge is 0.355 e. The van der Waals surface area contributed by atoms with Crippen molar-refractivity contribution in [1.29, 1.82) is 0 Å². The molecule has 2 unspecified atom stereocenters. The zero-order chi connectivity index (χ0) is 13.7. The van der Waals surface area contributed by atoms with Crippen molar-refractivity contribution in [1.82, 2.24) is 10.6 Å². The van der Waals surface area contributed by atoms with Crippen LogP contribution < -0.4 is 10.6 Å². The summed E-state index contributed by atoms with van der Waals surface area (Å²) in [6.07, 6.45) is 2.70. The summed E-state index contributed by atoms with van der Waals surface area (Å²) in [6, 6.07) is 6.87. The highest BCUT2D eigenvalue weighted by Crippen LogP contribution is 2.19. The molecule has 1 saturated heterocycles. The van der Waals surface area contributed by atoms with E-state index in [0.29, 0.717) is 19.0 Å². The van der Waals surface area contributed by atoms with Crippen molar-refractivity contribution in [2.75, 3.05) is 13.1 Å². The van der Waals surface area contributed by atoms with E-state index in [2.05, 4.69) is 10.6 Å². The lowest BCUT2D eigenvalue weighted by molar-refractivity contribution is -0.121. The van der Waals surface area contributed by atoms with Crippen molar-refractivity contribution in [3.05, 3.63) is 35.6 Å². The van der Waals surface area contributed by atoms with Crippen molar-refractivity contribution in [2.45, 2.75) is 38.1 Å². The minimum absolute atomic E-state index is 0.0328. The molecule has 0 bridgehead atoms. The van der Waals surface area contributed by atoms with Gasteiger partial charge in [-0.25, -0.2) is 4.39 Å². The van der Waals surface area contributed by atoms with Crippen LogP contribution in [0.25, 0.3) is 0 Å². The molecule has 19 heavy (non-hydrogen) atoms. The Hall–Kier alpha value is -1.42. The summed E-state index contributed by atoms with van der Waals surface area (Å²) in [5, 5.41) is 6.28. The third-order valence-electron chi connectivity index (χ3n) is 3.62. The van der Waals surface area contributed by atoms with Crippen LogP contribution in [-0.2, 0) is 4.79 Å². The standard InChI is InChI=1S/C15H21FN2O/c1-11(12-4-2-5-13(16)9-12)8-15(19)18-10-14-6-3-7-17-14/h2,4-5,9,11,14,17H,3,6-8,10H2,1H3,(H,18,19). The third kappa shape index (κ3) is 4.31. The molecule has 0 radical (unpaired) electrons. The van der Waals surface area contributed by atoms with Gasteiger partial charge >= 0.3 is 0 Å². The number of nitrogens with one attached hydrogen (secondary N) is 2. The highest BCUT2D eigenvalue weighted by atomic mass is 19.1. The molecule has 104 valence electrons. The van der Waals surface area contributed by atoms with E-state index < -0.39 is 0 Å². The fourth-order valence-electron chi connectivity index (χ4n) is 2.45. The average molecular weight is 264 g/mol. The molecular formula is C15H21FN2O. The lowest BCUT2D eigenvalue weighted by Gasteiger charge is -2.14. The quantitative estimate of drug-likeness (QED) is 0.856. The smallest absolute Gasteiger partial charge is 0.220 e. The summed E-state index contributed by atoms with van der Waals surface area (Å²) < 4.78 is 13.1. The van der Waals surface area contributed by atoms with Crippen LogP contribution in [0.2, 0.25) is 0 Å². The van der Waals surface area contributed by atoms with Crippen LogP contribution in [0.1, 0.15) is 37.7 Å². The number of carbonyl (C=O) groups is 1. The number of halogens is 1. The Morgan fingerprint density at radius 1 is 1.58 bits per heavy atom. The first kappa shape index (κ1) is 14.0. The Morgan fingerprint density at radius 3 is 3.11 bits per heavy atom. The van der Waals surface area contributed by atoms with E-state index in [0.717, 1.165) is 18.5 Å². The van der Waals surface area contributed by atoms with Gasteiger partial charge in [0, 0.05) is 19.0 Å². The van der Waals surface area contributed by atoms with Crippen LogP contribution in [0.5, 0.6) is 0 Å². The number of carbonyl (C=O) groups excluding carboxylic acids is 1. The van der Waals surface area contributed by atoms with Crippen LogP contribution >= 0.6 is 0 Å². The molecule has 1 aromatic rings. The second kappa shape index (κ2) is 6.66. The van der Waals surface area contributed by atoms with E-state index in [9.17, 15) is 9.18 Å². The zero-order valence-electron chi connectivity index (χ0n) is 11.3. The molecule has 1 fully saturated rings. The topological polar surface area (TPSA) is 41.1 Å². The minimum atomic E-state index is -0.250. The van der Waals surface area contributed by atoms with Crippen LogP contribution in [0.3, 0.4) is 0 Å². The molecule has 3 nitrogen and oxygen atoms in total. The molecule has 1 amide bonds. The van der Waals surface area contributed by atoms with Gasteiger partial charge in [0.15, 0.2) is 0 Å². The second-order valence-corrected chi connectivity index (χ2v) is 5.26. The van der Waals surface area contributed by atoms with E-state index >= 15 is 0 Å². The lowest BCUT2D eigenvalue weighted by atomic mass is 9.97. The molecule has 0 spiro atoms. The Morgan fingerprint density at radius 2 is 2.42 bits per heavy atom. The van der Waals surface area contributed by atoms with Crippen molar-refractivity contribution >= 4 is 5.91 Å². The first-order chi connectivity index (χ1) is 9.15. The van der Waals surface area contributed by atoms with E-state index in [1.54, 1.807) is 6.07 Å². The third-order valence-corrected chi connectivity index (χ3v) is 3.62. The van der Waals surface area contributed by atoms with E-state index in [1.807, 2.05) is 13.0 Å². The summed E-state index contributed by atoms with van der Waals surface area (Å²) in [6.45, 7) is 3.68. The molecular weight excluding hydrogens is 243 g/mol. The molecule has 1 aliphatic rings. The minimum Gasteiger partial charge on any atom is -0.355 e. The predicted octanol–water partition coefficient (Wildman–Crippen LogP) is 2.19. The van der Waals surface area contributed by atoms with Gasteiger partial charge < -0.3 is 10.6 Å². The number of hydrogen-bond acceptors (Lipinski definition) is 2. The van der Waals surface area contributed by atoms with E-state index in [4.69, 9.17) is 0 Å². The fourth-order valence-corrected chi connectivity index (χ4v) is 2.45. The van der Waals surface area contributed by atoms with Crippen molar-refractivity contribution in [3.8, 4) is 0 Å². The maximum Gasteiger partial charge on any atom is 0.220 e. The summed E-state index contributed by atoms with van der Waals surface area (Å²) in [5.74, 6) is -0.183. The molecule has 4 heteroatoms. The zero-order valence-corrected chi connectivity index (χ0v) is 11.3. The molecule has 0 saturated carbocycles. The number of hydrogen-bond donors (Lipinski definition) is 2. The molecule has 1 aliphatic heterocycles. The van der Waals surface area contributed by atoms with Crippen molar-refractivity contribution < 1.29 is 9.18 Å². The molecule has 0 aliphatic carbocycles.